The highest BCUT2D eigenvalue weighted by molar-refractivity contribution is 6.30. The molecule has 0 saturated carbocycles. The zero-order valence-electron chi connectivity index (χ0n) is 9.39. The molecule has 0 fully saturated rings. The van der Waals surface area contributed by atoms with E-state index in [2.05, 4.69) is 0 Å². The fourth-order valence-electron chi connectivity index (χ4n) is 1.45. The molecule has 0 aliphatic rings. The van der Waals surface area contributed by atoms with Crippen molar-refractivity contribution in [2.75, 3.05) is 0 Å². The Labute approximate surface area is 117 Å². The Morgan fingerprint density at radius 2 is 1.58 bits per heavy atom. The van der Waals surface area contributed by atoms with Gasteiger partial charge in [-0.15, -0.1) is 11.6 Å². The van der Waals surface area contributed by atoms with Gasteiger partial charge in [0.15, 0.2) is 17.4 Å². The summed E-state index contributed by atoms with van der Waals surface area (Å²) in [6.07, 6.45) is 0. The van der Waals surface area contributed by atoms with Crippen LogP contribution in [0.15, 0.2) is 30.3 Å². The fourth-order valence-corrected chi connectivity index (χ4v) is 1.72. The van der Waals surface area contributed by atoms with Gasteiger partial charge in [-0.2, -0.15) is 0 Å². The molecular formula is C13H7Cl2F3O. The summed E-state index contributed by atoms with van der Waals surface area (Å²) in [6, 6.07) is 5.58. The Bertz CT molecular complexity index is 594. The number of alkyl halides is 1. The Morgan fingerprint density at radius 3 is 2.11 bits per heavy atom. The minimum absolute atomic E-state index is 0.0241. The largest absolute Gasteiger partial charge is 0.451 e. The molecule has 6 heteroatoms. The van der Waals surface area contributed by atoms with E-state index in [9.17, 15) is 13.2 Å². The van der Waals surface area contributed by atoms with Gasteiger partial charge in [0.25, 0.3) is 0 Å². The highest BCUT2D eigenvalue weighted by atomic mass is 35.5. The highest BCUT2D eigenvalue weighted by Crippen LogP contribution is 2.30. The number of hydrogen-bond acceptors (Lipinski definition) is 1. The molecule has 19 heavy (non-hydrogen) atoms. The third-order valence-corrected chi connectivity index (χ3v) is 2.94. The predicted molar refractivity (Wildman–Crippen MR) is 67.4 cm³/mol. The average Bonchev–Trinajstić information content (AvgIpc) is 2.37. The molecule has 0 saturated heterocycles. The van der Waals surface area contributed by atoms with Gasteiger partial charge in [-0.1, -0.05) is 11.6 Å². The van der Waals surface area contributed by atoms with Gasteiger partial charge in [0.1, 0.15) is 11.6 Å². The quantitative estimate of drug-likeness (QED) is 0.700. The molecule has 0 atom stereocenters. The lowest BCUT2D eigenvalue weighted by Gasteiger charge is -2.09. The summed E-state index contributed by atoms with van der Waals surface area (Å²) in [5, 5.41) is -0.106. The Balaban J connectivity index is 2.35. The molecule has 0 heterocycles. The summed E-state index contributed by atoms with van der Waals surface area (Å²) in [4.78, 5) is 0. The van der Waals surface area contributed by atoms with E-state index in [0.717, 1.165) is 18.2 Å². The van der Waals surface area contributed by atoms with Crippen molar-refractivity contribution in [3.8, 4) is 11.5 Å². The van der Waals surface area contributed by atoms with E-state index in [1.807, 2.05) is 0 Å². The van der Waals surface area contributed by atoms with Crippen LogP contribution in [0.4, 0.5) is 13.2 Å². The number of hydrogen-bond donors (Lipinski definition) is 0. The van der Waals surface area contributed by atoms with E-state index >= 15 is 0 Å². The summed E-state index contributed by atoms with van der Waals surface area (Å²) in [5.41, 5.74) is 0.284. The molecule has 2 aromatic carbocycles. The van der Waals surface area contributed by atoms with E-state index in [1.54, 1.807) is 0 Å². The van der Waals surface area contributed by atoms with Gasteiger partial charge in [-0.3, -0.25) is 0 Å². The van der Waals surface area contributed by atoms with Gasteiger partial charge >= 0.3 is 0 Å². The maximum absolute atomic E-state index is 13.6. The van der Waals surface area contributed by atoms with Crippen LogP contribution >= 0.6 is 23.2 Å². The van der Waals surface area contributed by atoms with Crippen LogP contribution in [-0.2, 0) is 5.88 Å². The van der Waals surface area contributed by atoms with E-state index in [1.165, 1.54) is 12.1 Å². The molecule has 0 radical (unpaired) electrons. The molecule has 0 aliphatic heterocycles. The molecule has 1 nitrogen and oxygen atoms in total. The van der Waals surface area contributed by atoms with Crippen LogP contribution in [0, 0.1) is 17.5 Å². The van der Waals surface area contributed by atoms with Crippen molar-refractivity contribution in [1.29, 1.82) is 0 Å². The second-order valence-electron chi connectivity index (χ2n) is 3.70. The lowest BCUT2D eigenvalue weighted by molar-refractivity contribution is 0.404. The van der Waals surface area contributed by atoms with Crippen LogP contribution in [0.25, 0.3) is 0 Å². The summed E-state index contributed by atoms with van der Waals surface area (Å²) in [6.45, 7) is 0. The predicted octanol–water partition coefficient (Wildman–Crippen LogP) is 5.29. The minimum Gasteiger partial charge on any atom is -0.451 e. The Kier molecular flexibility index (Phi) is 4.22. The monoisotopic (exact) mass is 306 g/mol. The molecule has 0 N–H and O–H groups in total. The topological polar surface area (TPSA) is 9.23 Å². The fraction of sp³-hybridized carbons (Fsp3) is 0.0769. The van der Waals surface area contributed by atoms with Gasteiger partial charge in [0.2, 0.25) is 0 Å². The van der Waals surface area contributed by atoms with Crippen molar-refractivity contribution in [2.45, 2.75) is 5.88 Å². The van der Waals surface area contributed by atoms with E-state index in [4.69, 9.17) is 27.9 Å². The van der Waals surface area contributed by atoms with Crippen molar-refractivity contribution in [3.05, 3.63) is 58.4 Å². The van der Waals surface area contributed by atoms with Crippen molar-refractivity contribution >= 4 is 23.2 Å². The van der Waals surface area contributed by atoms with Crippen LogP contribution in [0.2, 0.25) is 5.02 Å². The van der Waals surface area contributed by atoms with Gasteiger partial charge in [0.05, 0.1) is 5.02 Å². The molecule has 0 amide bonds. The third kappa shape index (κ3) is 3.14. The molecule has 100 valence electrons. The summed E-state index contributed by atoms with van der Waals surface area (Å²) >= 11 is 11.0. The third-order valence-electron chi connectivity index (χ3n) is 2.32. The molecule has 0 bridgehead atoms. The first-order chi connectivity index (χ1) is 9.01. The van der Waals surface area contributed by atoms with Crippen molar-refractivity contribution in [3.63, 3.8) is 0 Å². The zero-order valence-corrected chi connectivity index (χ0v) is 10.9. The molecule has 0 aliphatic carbocycles. The smallest absolute Gasteiger partial charge is 0.198 e. The second-order valence-corrected chi connectivity index (χ2v) is 4.37. The number of rotatable bonds is 3. The molecular weight excluding hydrogens is 300 g/mol. The van der Waals surface area contributed by atoms with Crippen LogP contribution < -0.4 is 4.74 Å². The first-order valence-electron chi connectivity index (χ1n) is 5.18. The Morgan fingerprint density at radius 1 is 0.947 bits per heavy atom. The minimum atomic E-state index is -0.911. The lowest BCUT2D eigenvalue weighted by atomic mass is 10.2. The standard InChI is InChI=1S/C13H7Cl2F3O/c14-6-7-3-11(17)13(12(18)4-7)19-8-1-2-9(15)10(16)5-8/h1-5H,6H2. The number of benzene rings is 2. The van der Waals surface area contributed by atoms with Crippen LogP contribution in [-0.4, -0.2) is 0 Å². The van der Waals surface area contributed by atoms with Crippen LogP contribution in [0.5, 0.6) is 11.5 Å². The van der Waals surface area contributed by atoms with Crippen LogP contribution in [0.3, 0.4) is 0 Å². The lowest BCUT2D eigenvalue weighted by Crippen LogP contribution is -1.95. The molecule has 0 aromatic heterocycles. The molecule has 2 rings (SSSR count). The first kappa shape index (κ1) is 14.0. The van der Waals surface area contributed by atoms with E-state index < -0.39 is 23.2 Å². The first-order valence-corrected chi connectivity index (χ1v) is 6.09. The average molecular weight is 307 g/mol. The normalized spacial score (nSPS) is 10.6. The van der Waals surface area contributed by atoms with Gasteiger partial charge in [0, 0.05) is 11.9 Å². The Hall–Kier alpha value is -1.39. The second kappa shape index (κ2) is 5.72. The molecule has 2 aromatic rings. The summed E-state index contributed by atoms with van der Waals surface area (Å²) in [7, 11) is 0. The van der Waals surface area contributed by atoms with Crippen molar-refractivity contribution in [1.82, 2.24) is 0 Å². The van der Waals surface area contributed by atoms with Gasteiger partial charge in [-0.25, -0.2) is 13.2 Å². The number of ether oxygens (including phenoxy) is 1. The summed E-state index contributed by atoms with van der Waals surface area (Å²) in [5.74, 6) is -3.26. The highest BCUT2D eigenvalue weighted by Gasteiger charge is 2.14. The molecule has 0 unspecified atom stereocenters. The SMILES string of the molecule is Fc1cc(Oc2c(F)cc(CCl)cc2F)ccc1Cl. The van der Waals surface area contributed by atoms with Crippen molar-refractivity contribution < 1.29 is 17.9 Å². The van der Waals surface area contributed by atoms with Crippen molar-refractivity contribution in [2.24, 2.45) is 0 Å². The van der Waals surface area contributed by atoms with E-state index in [0.29, 0.717) is 0 Å². The maximum atomic E-state index is 13.6. The zero-order chi connectivity index (χ0) is 14.0. The van der Waals surface area contributed by atoms with Crippen LogP contribution in [0.1, 0.15) is 5.56 Å². The number of halogens is 5. The summed E-state index contributed by atoms with van der Waals surface area (Å²) < 4.78 is 45.4. The maximum Gasteiger partial charge on any atom is 0.198 e. The van der Waals surface area contributed by atoms with Gasteiger partial charge < -0.3 is 4.74 Å². The van der Waals surface area contributed by atoms with Gasteiger partial charge in [-0.05, 0) is 29.8 Å². The van der Waals surface area contributed by atoms with E-state index in [-0.39, 0.29) is 22.2 Å². The molecule has 0 spiro atoms.